The van der Waals surface area contributed by atoms with Crippen LogP contribution in [0.5, 0.6) is 0 Å². The zero-order chi connectivity index (χ0) is 13.5. The third-order valence-electron chi connectivity index (χ3n) is 3.08. The third kappa shape index (κ3) is 2.56. The first-order valence-corrected chi connectivity index (χ1v) is 7.08. The number of hydrogen-bond donors (Lipinski definition) is 1. The van der Waals surface area contributed by atoms with E-state index in [1.165, 1.54) is 0 Å². The summed E-state index contributed by atoms with van der Waals surface area (Å²) in [6.45, 7) is 1.05. The molecule has 2 aliphatic rings. The lowest BCUT2D eigenvalue weighted by Crippen LogP contribution is -2.22. The predicted molar refractivity (Wildman–Crippen MR) is 63.6 cm³/mol. The molecule has 2 aliphatic heterocycles. The van der Waals surface area contributed by atoms with Crippen LogP contribution in [-0.4, -0.2) is 28.1 Å². The molecule has 19 heavy (non-hydrogen) atoms. The van der Waals surface area contributed by atoms with Crippen LogP contribution in [0.3, 0.4) is 0 Å². The summed E-state index contributed by atoms with van der Waals surface area (Å²) in [6.07, 6.45) is -4.89. The molecule has 3 rings (SSSR count). The SMILES string of the molecule is FC(F)(F)c1nc(C2CSCCO2)nc2c1CNC2. The van der Waals surface area contributed by atoms with Gasteiger partial charge in [0.2, 0.25) is 0 Å². The number of nitrogens with zero attached hydrogens (tertiary/aromatic N) is 2. The molecule has 3 heterocycles. The van der Waals surface area contributed by atoms with Crippen LogP contribution in [0.25, 0.3) is 0 Å². The van der Waals surface area contributed by atoms with Crippen molar-refractivity contribution in [2.75, 3.05) is 18.1 Å². The number of hydrogen-bond acceptors (Lipinski definition) is 5. The molecule has 1 atom stereocenters. The van der Waals surface area contributed by atoms with Gasteiger partial charge in [0, 0.05) is 30.2 Å². The van der Waals surface area contributed by atoms with Gasteiger partial charge < -0.3 is 10.1 Å². The molecule has 0 bridgehead atoms. The van der Waals surface area contributed by atoms with Gasteiger partial charge >= 0.3 is 6.18 Å². The summed E-state index contributed by atoms with van der Waals surface area (Å²) < 4.78 is 44.5. The monoisotopic (exact) mass is 291 g/mol. The number of aromatic nitrogens is 2. The first-order valence-electron chi connectivity index (χ1n) is 5.92. The molecule has 0 amide bonds. The molecule has 1 aromatic rings. The zero-order valence-electron chi connectivity index (χ0n) is 9.96. The molecule has 1 saturated heterocycles. The lowest BCUT2D eigenvalue weighted by atomic mass is 10.1. The maximum Gasteiger partial charge on any atom is 0.433 e. The highest BCUT2D eigenvalue weighted by Gasteiger charge is 2.39. The molecule has 0 radical (unpaired) electrons. The second kappa shape index (κ2) is 4.92. The van der Waals surface area contributed by atoms with Crippen molar-refractivity contribution in [2.45, 2.75) is 25.4 Å². The largest absolute Gasteiger partial charge is 0.433 e. The lowest BCUT2D eigenvalue weighted by Gasteiger charge is -2.22. The Morgan fingerprint density at radius 1 is 1.26 bits per heavy atom. The van der Waals surface area contributed by atoms with E-state index in [4.69, 9.17) is 4.74 Å². The highest BCUT2D eigenvalue weighted by atomic mass is 32.2. The molecule has 1 aromatic heterocycles. The van der Waals surface area contributed by atoms with Crippen molar-refractivity contribution in [3.63, 3.8) is 0 Å². The quantitative estimate of drug-likeness (QED) is 0.856. The third-order valence-corrected chi connectivity index (χ3v) is 4.07. The van der Waals surface area contributed by atoms with E-state index in [9.17, 15) is 13.2 Å². The normalized spacial score (nSPS) is 23.4. The smallest absolute Gasteiger partial charge is 0.368 e. The summed E-state index contributed by atoms with van der Waals surface area (Å²) in [7, 11) is 0. The van der Waals surface area contributed by atoms with E-state index in [0.29, 0.717) is 24.6 Å². The van der Waals surface area contributed by atoms with E-state index >= 15 is 0 Å². The number of rotatable bonds is 1. The van der Waals surface area contributed by atoms with E-state index in [1.54, 1.807) is 11.8 Å². The van der Waals surface area contributed by atoms with Gasteiger partial charge in [-0.3, -0.25) is 0 Å². The molecule has 1 fully saturated rings. The first-order chi connectivity index (χ1) is 9.05. The predicted octanol–water partition coefficient (Wildman–Crippen LogP) is 1.90. The fourth-order valence-electron chi connectivity index (χ4n) is 2.20. The molecule has 1 N–H and O–H groups in total. The van der Waals surface area contributed by atoms with Crippen molar-refractivity contribution in [3.8, 4) is 0 Å². The van der Waals surface area contributed by atoms with Crippen molar-refractivity contribution in [1.29, 1.82) is 0 Å². The van der Waals surface area contributed by atoms with E-state index in [1.807, 2.05) is 0 Å². The Hall–Kier alpha value is -0.860. The number of fused-ring (bicyclic) bond motifs is 1. The minimum atomic E-state index is -4.45. The first kappa shape index (κ1) is 13.1. The number of ether oxygens (including phenoxy) is 1. The molecule has 8 heteroatoms. The van der Waals surface area contributed by atoms with Crippen molar-refractivity contribution < 1.29 is 17.9 Å². The van der Waals surface area contributed by atoms with Crippen molar-refractivity contribution >= 4 is 11.8 Å². The summed E-state index contributed by atoms with van der Waals surface area (Å²) in [4.78, 5) is 7.96. The molecular formula is C11H12F3N3OS. The fourth-order valence-corrected chi connectivity index (χ4v) is 3.04. The van der Waals surface area contributed by atoms with Crippen molar-refractivity contribution in [1.82, 2.24) is 15.3 Å². The van der Waals surface area contributed by atoms with Crippen LogP contribution in [0.4, 0.5) is 13.2 Å². The van der Waals surface area contributed by atoms with Crippen LogP contribution in [0, 0.1) is 0 Å². The molecule has 104 valence electrons. The number of alkyl halides is 3. The molecule has 0 aliphatic carbocycles. The van der Waals surface area contributed by atoms with Gasteiger partial charge in [0.25, 0.3) is 0 Å². The van der Waals surface area contributed by atoms with E-state index < -0.39 is 18.0 Å². The highest BCUT2D eigenvalue weighted by Crippen LogP contribution is 2.35. The zero-order valence-corrected chi connectivity index (χ0v) is 10.8. The summed E-state index contributed by atoms with van der Waals surface area (Å²) in [6, 6.07) is 0. The molecule has 0 spiro atoms. The highest BCUT2D eigenvalue weighted by molar-refractivity contribution is 7.99. The Labute approximate surface area is 112 Å². The number of nitrogens with one attached hydrogen (secondary N) is 1. The minimum absolute atomic E-state index is 0.155. The summed E-state index contributed by atoms with van der Waals surface area (Å²) in [5.41, 5.74) is -0.215. The van der Waals surface area contributed by atoms with Crippen molar-refractivity contribution in [3.05, 3.63) is 22.8 Å². The fraction of sp³-hybridized carbons (Fsp3) is 0.636. The van der Waals surface area contributed by atoms with Crippen LogP contribution in [0.2, 0.25) is 0 Å². The van der Waals surface area contributed by atoms with Crippen molar-refractivity contribution in [2.24, 2.45) is 0 Å². The average molecular weight is 291 g/mol. The minimum Gasteiger partial charge on any atom is -0.368 e. The van der Waals surface area contributed by atoms with Gasteiger partial charge in [0.05, 0.1) is 12.3 Å². The van der Waals surface area contributed by atoms with E-state index in [2.05, 4.69) is 15.3 Å². The van der Waals surface area contributed by atoms with Gasteiger partial charge in [-0.1, -0.05) is 0 Å². The van der Waals surface area contributed by atoms with Crippen LogP contribution in [-0.2, 0) is 24.0 Å². The van der Waals surface area contributed by atoms with Gasteiger partial charge in [-0.15, -0.1) is 0 Å². The standard InChI is InChI=1S/C11H12F3N3OS/c12-11(13,14)9-6-3-15-4-7(6)16-10(17-9)8-5-19-2-1-18-8/h8,15H,1-5H2. The Kier molecular flexibility index (Phi) is 3.40. The van der Waals surface area contributed by atoms with Gasteiger partial charge in [-0.25, -0.2) is 9.97 Å². The Morgan fingerprint density at radius 3 is 2.79 bits per heavy atom. The lowest BCUT2D eigenvalue weighted by molar-refractivity contribution is -0.142. The maximum absolute atomic E-state index is 13.0. The summed E-state index contributed by atoms with van der Waals surface area (Å²) in [5, 5.41) is 2.88. The van der Waals surface area contributed by atoms with Gasteiger partial charge in [-0.05, 0) is 0 Å². The van der Waals surface area contributed by atoms with Crippen LogP contribution in [0.15, 0.2) is 0 Å². The molecule has 0 aromatic carbocycles. The second-order valence-corrected chi connectivity index (χ2v) is 5.54. The van der Waals surface area contributed by atoms with Crippen LogP contribution < -0.4 is 5.32 Å². The van der Waals surface area contributed by atoms with E-state index in [-0.39, 0.29) is 17.9 Å². The average Bonchev–Trinajstić information content (AvgIpc) is 2.85. The molecule has 1 unspecified atom stereocenters. The van der Waals surface area contributed by atoms with Gasteiger partial charge in [0.15, 0.2) is 11.5 Å². The number of halogens is 3. The summed E-state index contributed by atoms with van der Waals surface area (Å²) in [5.74, 6) is 1.61. The van der Waals surface area contributed by atoms with Crippen LogP contribution in [0.1, 0.15) is 28.9 Å². The van der Waals surface area contributed by atoms with E-state index in [0.717, 1.165) is 5.75 Å². The maximum atomic E-state index is 13.0. The van der Waals surface area contributed by atoms with Gasteiger partial charge in [0.1, 0.15) is 6.10 Å². The van der Waals surface area contributed by atoms with Gasteiger partial charge in [-0.2, -0.15) is 24.9 Å². The second-order valence-electron chi connectivity index (χ2n) is 4.39. The Balaban J connectivity index is 2.02. The van der Waals surface area contributed by atoms with Crippen LogP contribution >= 0.6 is 11.8 Å². The molecular weight excluding hydrogens is 279 g/mol. The molecule has 4 nitrogen and oxygen atoms in total. The number of thioether (sulfide) groups is 1. The topological polar surface area (TPSA) is 47.0 Å². The Bertz CT molecular complexity index is 489. The molecule has 0 saturated carbocycles. The Morgan fingerprint density at radius 2 is 2.11 bits per heavy atom. The summed E-state index contributed by atoms with van der Waals surface area (Å²) >= 11 is 1.64.